The lowest BCUT2D eigenvalue weighted by atomic mass is 10.2. The Labute approximate surface area is 154 Å². The van der Waals surface area contributed by atoms with Gasteiger partial charge in [0.1, 0.15) is 5.75 Å². The molecule has 0 radical (unpaired) electrons. The van der Waals surface area contributed by atoms with Gasteiger partial charge in [-0.25, -0.2) is 4.99 Å². The largest absolute Gasteiger partial charge is 0.496 e. The number of thiophene rings is 1. The van der Waals surface area contributed by atoms with Crippen LogP contribution in [-0.2, 0) is 17.9 Å². The highest BCUT2D eigenvalue weighted by Gasteiger charge is 2.03. The van der Waals surface area contributed by atoms with Crippen molar-refractivity contribution in [3.8, 4) is 5.75 Å². The van der Waals surface area contributed by atoms with E-state index in [2.05, 4.69) is 40.9 Å². The lowest BCUT2D eigenvalue weighted by Gasteiger charge is -2.12. The summed E-state index contributed by atoms with van der Waals surface area (Å²) in [5.41, 5.74) is 2.35. The molecule has 2 N–H and O–H groups in total. The molecule has 0 atom stereocenters. The topological polar surface area (TPSA) is 54.9 Å². The summed E-state index contributed by atoms with van der Waals surface area (Å²) in [6.07, 6.45) is 0. The van der Waals surface area contributed by atoms with Crippen molar-refractivity contribution in [2.24, 2.45) is 4.99 Å². The predicted molar refractivity (Wildman–Crippen MR) is 105 cm³/mol. The third kappa shape index (κ3) is 6.40. The van der Waals surface area contributed by atoms with E-state index in [9.17, 15) is 0 Å². The maximum Gasteiger partial charge on any atom is 0.191 e. The van der Waals surface area contributed by atoms with Gasteiger partial charge < -0.3 is 20.1 Å². The molecule has 0 aliphatic rings. The van der Waals surface area contributed by atoms with Gasteiger partial charge in [-0.2, -0.15) is 0 Å². The highest BCUT2D eigenvalue weighted by Crippen LogP contribution is 2.18. The van der Waals surface area contributed by atoms with E-state index in [1.54, 1.807) is 18.4 Å². The molecule has 0 unspecified atom stereocenters. The van der Waals surface area contributed by atoms with Gasteiger partial charge >= 0.3 is 0 Å². The summed E-state index contributed by atoms with van der Waals surface area (Å²) in [6.45, 7) is 7.54. The van der Waals surface area contributed by atoms with Gasteiger partial charge in [-0.3, -0.25) is 0 Å². The van der Waals surface area contributed by atoms with Crippen LogP contribution in [0.4, 0.5) is 0 Å². The molecule has 1 heterocycles. The Kier molecular flexibility index (Phi) is 8.28. The molecule has 6 heteroatoms. The number of benzene rings is 1. The highest BCUT2D eigenvalue weighted by molar-refractivity contribution is 7.10. The number of para-hydroxylation sites is 1. The fraction of sp³-hybridized carbons (Fsp3) is 0.421. The van der Waals surface area contributed by atoms with Crippen LogP contribution in [0.3, 0.4) is 0 Å². The molecule has 2 aromatic rings. The van der Waals surface area contributed by atoms with Crippen LogP contribution in [0.1, 0.15) is 22.9 Å². The molecule has 1 aromatic carbocycles. The van der Waals surface area contributed by atoms with Crippen LogP contribution in [0, 0.1) is 6.92 Å². The van der Waals surface area contributed by atoms with Gasteiger partial charge in [0.05, 0.1) is 26.9 Å². The van der Waals surface area contributed by atoms with Crippen LogP contribution < -0.4 is 15.4 Å². The fourth-order valence-corrected chi connectivity index (χ4v) is 3.13. The molecular formula is C19H27N3O2S. The normalized spacial score (nSPS) is 11.4. The van der Waals surface area contributed by atoms with E-state index in [1.807, 2.05) is 24.3 Å². The molecule has 0 aliphatic carbocycles. The van der Waals surface area contributed by atoms with Crippen LogP contribution in [0.25, 0.3) is 0 Å². The van der Waals surface area contributed by atoms with Crippen molar-refractivity contribution >= 4 is 17.3 Å². The number of rotatable bonds is 9. The number of aryl methyl sites for hydroxylation is 1. The van der Waals surface area contributed by atoms with Gasteiger partial charge in [0, 0.05) is 23.5 Å². The van der Waals surface area contributed by atoms with Crippen LogP contribution >= 0.6 is 11.3 Å². The molecule has 0 amide bonds. The first-order valence-electron chi connectivity index (χ1n) is 8.49. The number of aliphatic imine (C=N–C) groups is 1. The third-order valence-electron chi connectivity index (χ3n) is 3.68. The minimum atomic E-state index is 0.535. The maximum absolute atomic E-state index is 5.74. The molecule has 5 nitrogen and oxygen atoms in total. The van der Waals surface area contributed by atoms with E-state index in [1.165, 1.54) is 10.4 Å². The summed E-state index contributed by atoms with van der Waals surface area (Å²) >= 11 is 1.74. The molecule has 136 valence electrons. The number of nitrogens with one attached hydrogen (secondary N) is 2. The lowest BCUT2D eigenvalue weighted by molar-refractivity contribution is 0.123. The van der Waals surface area contributed by atoms with E-state index in [-0.39, 0.29) is 0 Å². The Bertz CT molecular complexity index is 670. The van der Waals surface area contributed by atoms with E-state index in [4.69, 9.17) is 9.47 Å². The number of hydrogen-bond acceptors (Lipinski definition) is 4. The average Bonchev–Trinajstić information content (AvgIpc) is 3.04. The van der Waals surface area contributed by atoms with Crippen molar-refractivity contribution in [1.82, 2.24) is 10.6 Å². The second-order valence-corrected chi connectivity index (χ2v) is 6.51. The summed E-state index contributed by atoms with van der Waals surface area (Å²) in [5.74, 6) is 1.67. The Balaban J connectivity index is 1.74. The van der Waals surface area contributed by atoms with Crippen LogP contribution in [0.5, 0.6) is 5.75 Å². The van der Waals surface area contributed by atoms with Gasteiger partial charge in [-0.1, -0.05) is 18.2 Å². The number of methoxy groups -OCH3 is 1. The highest BCUT2D eigenvalue weighted by atomic mass is 32.1. The molecular weight excluding hydrogens is 334 g/mol. The second kappa shape index (κ2) is 10.7. The quantitative estimate of drug-likeness (QED) is 0.409. The summed E-state index contributed by atoms with van der Waals surface area (Å²) in [6, 6.07) is 10.0. The molecule has 0 fully saturated rings. The number of guanidine groups is 1. The van der Waals surface area contributed by atoms with Crippen molar-refractivity contribution < 1.29 is 9.47 Å². The zero-order valence-electron chi connectivity index (χ0n) is 15.2. The second-order valence-electron chi connectivity index (χ2n) is 5.51. The van der Waals surface area contributed by atoms with E-state index < -0.39 is 0 Å². The monoisotopic (exact) mass is 361 g/mol. The molecule has 0 spiro atoms. The van der Waals surface area contributed by atoms with Crippen molar-refractivity contribution in [3.05, 3.63) is 51.7 Å². The van der Waals surface area contributed by atoms with Gasteiger partial charge in [-0.15, -0.1) is 11.3 Å². The summed E-state index contributed by atoms with van der Waals surface area (Å²) in [5, 5.41) is 8.67. The lowest BCUT2D eigenvalue weighted by Crippen LogP contribution is -2.38. The fourth-order valence-electron chi connectivity index (χ4n) is 2.30. The summed E-state index contributed by atoms with van der Waals surface area (Å²) in [4.78, 5) is 5.93. The summed E-state index contributed by atoms with van der Waals surface area (Å²) < 4.78 is 11.1. The van der Waals surface area contributed by atoms with Crippen LogP contribution in [-0.4, -0.2) is 32.8 Å². The number of ether oxygens (including phenoxy) is 2. The number of hydrogen-bond donors (Lipinski definition) is 2. The molecule has 0 saturated heterocycles. The smallest absolute Gasteiger partial charge is 0.191 e. The zero-order valence-corrected chi connectivity index (χ0v) is 16.0. The standard InChI is InChI=1S/C19H27N3O2S/c1-4-20-19(22-13-18-15(2)9-12-25-18)21-10-11-24-14-16-7-5-6-8-17(16)23-3/h5-9,12H,4,10-11,13-14H2,1-3H3,(H2,20,21,22). The first-order chi connectivity index (χ1) is 12.2. The minimum absolute atomic E-state index is 0.535. The van der Waals surface area contributed by atoms with Gasteiger partial charge in [0.15, 0.2) is 5.96 Å². The first kappa shape index (κ1) is 19.3. The van der Waals surface area contributed by atoms with Crippen molar-refractivity contribution in [3.63, 3.8) is 0 Å². The Morgan fingerprint density at radius 2 is 2.04 bits per heavy atom. The van der Waals surface area contributed by atoms with Crippen molar-refractivity contribution in [1.29, 1.82) is 0 Å². The third-order valence-corrected chi connectivity index (χ3v) is 4.69. The number of nitrogens with zero attached hydrogens (tertiary/aromatic N) is 1. The Morgan fingerprint density at radius 1 is 1.20 bits per heavy atom. The predicted octanol–water partition coefficient (Wildman–Crippen LogP) is 3.34. The van der Waals surface area contributed by atoms with E-state index in [0.29, 0.717) is 26.3 Å². The zero-order chi connectivity index (χ0) is 17.9. The van der Waals surface area contributed by atoms with Gasteiger partial charge in [0.2, 0.25) is 0 Å². The van der Waals surface area contributed by atoms with E-state index in [0.717, 1.165) is 23.8 Å². The average molecular weight is 362 g/mol. The first-order valence-corrected chi connectivity index (χ1v) is 9.37. The minimum Gasteiger partial charge on any atom is -0.496 e. The van der Waals surface area contributed by atoms with Gasteiger partial charge in [0.25, 0.3) is 0 Å². The molecule has 0 saturated carbocycles. The molecule has 0 bridgehead atoms. The molecule has 2 rings (SSSR count). The maximum atomic E-state index is 5.74. The van der Waals surface area contributed by atoms with Crippen molar-refractivity contribution in [2.45, 2.75) is 27.0 Å². The Morgan fingerprint density at radius 3 is 2.76 bits per heavy atom. The van der Waals surface area contributed by atoms with Crippen LogP contribution in [0.2, 0.25) is 0 Å². The SMILES string of the molecule is CCNC(=NCc1sccc1C)NCCOCc1ccccc1OC. The summed E-state index contributed by atoms with van der Waals surface area (Å²) in [7, 11) is 1.68. The van der Waals surface area contributed by atoms with Crippen LogP contribution in [0.15, 0.2) is 40.7 Å². The molecule has 25 heavy (non-hydrogen) atoms. The van der Waals surface area contributed by atoms with E-state index >= 15 is 0 Å². The van der Waals surface area contributed by atoms with Crippen molar-refractivity contribution in [2.75, 3.05) is 26.8 Å². The van der Waals surface area contributed by atoms with Gasteiger partial charge in [-0.05, 0) is 36.9 Å². The molecule has 1 aromatic heterocycles. The molecule has 0 aliphatic heterocycles. The Hall–Kier alpha value is -2.05.